The normalized spacial score (nSPS) is 10.1. The number of aromatic nitrogens is 1. The van der Waals surface area contributed by atoms with Crippen molar-refractivity contribution in [2.75, 3.05) is 17.6 Å². The lowest BCUT2D eigenvalue weighted by molar-refractivity contribution is -0.385. The molecule has 0 fully saturated rings. The summed E-state index contributed by atoms with van der Waals surface area (Å²) in [5.74, 6) is 1.00. The first-order valence-electron chi connectivity index (χ1n) is 6.78. The number of hydrogen-bond acceptors (Lipinski definition) is 6. The molecule has 1 aromatic carbocycles. The van der Waals surface area contributed by atoms with E-state index in [1.54, 1.807) is 30.0 Å². The first-order chi connectivity index (χ1) is 11.1. The van der Waals surface area contributed by atoms with E-state index in [4.69, 9.17) is 5.26 Å². The largest absolute Gasteiger partial charge is 0.370 e. The fourth-order valence-corrected chi connectivity index (χ4v) is 2.64. The van der Waals surface area contributed by atoms with Crippen LogP contribution in [0.4, 0.5) is 15.9 Å². The number of rotatable bonds is 7. The third kappa shape index (κ3) is 4.93. The summed E-state index contributed by atoms with van der Waals surface area (Å²) in [5.41, 5.74) is -0.509. The van der Waals surface area contributed by atoms with Crippen molar-refractivity contribution < 1.29 is 9.31 Å². The van der Waals surface area contributed by atoms with Crippen molar-refractivity contribution in [1.82, 2.24) is 4.98 Å². The highest BCUT2D eigenvalue weighted by Crippen LogP contribution is 2.20. The van der Waals surface area contributed by atoms with Gasteiger partial charge in [0.2, 0.25) is 5.69 Å². The van der Waals surface area contributed by atoms with Crippen LogP contribution in [0.25, 0.3) is 0 Å². The minimum atomic E-state index is -0.630. The molecule has 1 heterocycles. The van der Waals surface area contributed by atoms with Crippen molar-refractivity contribution in [1.29, 1.82) is 5.26 Å². The number of hydrogen-bond donors (Lipinski definition) is 1. The number of nitro groups is 1. The van der Waals surface area contributed by atoms with E-state index in [-0.39, 0.29) is 17.2 Å². The van der Waals surface area contributed by atoms with Gasteiger partial charge >= 0.3 is 5.69 Å². The van der Waals surface area contributed by atoms with Crippen molar-refractivity contribution in [3.63, 3.8) is 0 Å². The first-order valence-corrected chi connectivity index (χ1v) is 7.76. The van der Waals surface area contributed by atoms with Crippen molar-refractivity contribution >= 4 is 23.3 Å². The van der Waals surface area contributed by atoms with E-state index in [9.17, 15) is 14.5 Å². The van der Waals surface area contributed by atoms with Crippen molar-refractivity contribution in [2.45, 2.75) is 11.3 Å². The molecule has 0 aliphatic carbocycles. The Morgan fingerprint density at radius 1 is 1.30 bits per heavy atom. The maximum Gasteiger partial charge on any atom is 0.305 e. The molecule has 0 unspecified atom stereocenters. The summed E-state index contributed by atoms with van der Waals surface area (Å²) in [4.78, 5) is 15.0. The molecule has 23 heavy (non-hydrogen) atoms. The van der Waals surface area contributed by atoms with Crippen LogP contribution in [0.15, 0.2) is 41.3 Å². The molecule has 0 aliphatic rings. The molecule has 0 aliphatic heterocycles. The number of nitriles is 1. The number of pyridine rings is 1. The minimum Gasteiger partial charge on any atom is -0.370 e. The number of benzene rings is 1. The van der Waals surface area contributed by atoms with Gasteiger partial charge in [-0.25, -0.2) is 9.37 Å². The lowest BCUT2D eigenvalue weighted by atomic mass is 10.3. The van der Waals surface area contributed by atoms with Crippen LogP contribution in [-0.4, -0.2) is 22.2 Å². The van der Waals surface area contributed by atoms with Crippen molar-refractivity contribution in [2.24, 2.45) is 0 Å². The highest BCUT2D eigenvalue weighted by Gasteiger charge is 2.15. The summed E-state index contributed by atoms with van der Waals surface area (Å²) < 4.78 is 12.8. The second-order valence-corrected chi connectivity index (χ2v) is 5.68. The molecule has 118 valence electrons. The summed E-state index contributed by atoms with van der Waals surface area (Å²) >= 11 is 1.61. The van der Waals surface area contributed by atoms with Crippen LogP contribution in [-0.2, 0) is 0 Å². The predicted molar refractivity (Wildman–Crippen MR) is 85.8 cm³/mol. The molecule has 0 bridgehead atoms. The van der Waals surface area contributed by atoms with Gasteiger partial charge in [0, 0.05) is 17.5 Å². The molecule has 0 radical (unpaired) electrons. The van der Waals surface area contributed by atoms with Crippen LogP contribution in [0.2, 0.25) is 0 Å². The lowest BCUT2D eigenvalue weighted by Crippen LogP contribution is -2.06. The predicted octanol–water partition coefficient (Wildman–Crippen LogP) is 3.59. The molecule has 6 nitrogen and oxygen atoms in total. The van der Waals surface area contributed by atoms with E-state index in [2.05, 4.69) is 10.3 Å². The van der Waals surface area contributed by atoms with Gasteiger partial charge in [-0.05, 0) is 42.5 Å². The zero-order valence-corrected chi connectivity index (χ0v) is 12.8. The quantitative estimate of drug-likeness (QED) is 0.360. The smallest absolute Gasteiger partial charge is 0.305 e. The number of nitrogens with one attached hydrogen (secondary N) is 1. The fraction of sp³-hybridized carbons (Fsp3) is 0.200. The van der Waals surface area contributed by atoms with Crippen LogP contribution in [0, 0.1) is 27.3 Å². The van der Waals surface area contributed by atoms with E-state index >= 15 is 0 Å². The van der Waals surface area contributed by atoms with Gasteiger partial charge in [-0.3, -0.25) is 10.1 Å². The molecule has 0 spiro atoms. The van der Waals surface area contributed by atoms with Gasteiger partial charge in [-0.2, -0.15) is 5.26 Å². The van der Waals surface area contributed by atoms with E-state index < -0.39 is 4.92 Å². The molecule has 2 aromatic rings. The Balaban J connectivity index is 1.79. The van der Waals surface area contributed by atoms with Crippen LogP contribution < -0.4 is 5.32 Å². The molecule has 1 N–H and O–H groups in total. The molecule has 0 saturated heterocycles. The molecular formula is C15H13FN4O2S. The number of anilines is 1. The first kappa shape index (κ1) is 16.7. The van der Waals surface area contributed by atoms with E-state index in [0.29, 0.717) is 12.4 Å². The molecule has 1 aromatic heterocycles. The fourth-order valence-electron chi connectivity index (χ4n) is 1.79. The van der Waals surface area contributed by atoms with Crippen LogP contribution in [0.1, 0.15) is 12.1 Å². The average Bonchev–Trinajstić information content (AvgIpc) is 2.55. The Morgan fingerprint density at radius 3 is 2.70 bits per heavy atom. The van der Waals surface area contributed by atoms with Gasteiger partial charge < -0.3 is 5.32 Å². The Labute approximate surface area is 136 Å². The monoisotopic (exact) mass is 332 g/mol. The number of halogens is 1. The summed E-state index contributed by atoms with van der Waals surface area (Å²) in [6.07, 6.45) is 0.822. The number of thioether (sulfide) groups is 1. The van der Waals surface area contributed by atoms with E-state index in [0.717, 1.165) is 17.1 Å². The highest BCUT2D eigenvalue weighted by atomic mass is 32.2. The third-order valence-corrected chi connectivity index (χ3v) is 3.98. The molecule has 0 saturated carbocycles. The number of nitrogens with zero attached hydrogens (tertiary/aromatic N) is 3. The van der Waals surface area contributed by atoms with E-state index in [1.807, 2.05) is 0 Å². The highest BCUT2D eigenvalue weighted by molar-refractivity contribution is 7.99. The Bertz CT molecular complexity index is 731. The van der Waals surface area contributed by atoms with Crippen LogP contribution >= 0.6 is 11.8 Å². The topological polar surface area (TPSA) is 91.8 Å². The summed E-state index contributed by atoms with van der Waals surface area (Å²) in [6.45, 7) is 0.615. The van der Waals surface area contributed by atoms with Gasteiger partial charge in [0.15, 0.2) is 0 Å². The molecule has 8 heteroatoms. The van der Waals surface area contributed by atoms with Crippen LogP contribution in [0.5, 0.6) is 0 Å². The van der Waals surface area contributed by atoms with Gasteiger partial charge in [-0.15, -0.1) is 11.8 Å². The molecule has 0 atom stereocenters. The van der Waals surface area contributed by atoms with Crippen molar-refractivity contribution in [3.8, 4) is 6.07 Å². The SMILES string of the molecule is N#Cc1nc(NCCCSc2ccc(F)cc2)ccc1[N+](=O)[O-]. The maximum atomic E-state index is 12.8. The lowest BCUT2D eigenvalue weighted by Gasteiger charge is -2.06. The standard InChI is InChI=1S/C15H13FN4O2S/c16-11-2-4-12(5-3-11)23-9-1-8-18-15-7-6-14(20(21)22)13(10-17)19-15/h2-7H,1,8-9H2,(H,18,19). The van der Waals surface area contributed by atoms with Gasteiger partial charge in [-0.1, -0.05) is 0 Å². The maximum absolute atomic E-state index is 12.8. The minimum absolute atomic E-state index is 0.208. The van der Waals surface area contributed by atoms with Crippen LogP contribution in [0.3, 0.4) is 0 Å². The summed E-state index contributed by atoms with van der Waals surface area (Å²) in [6, 6.07) is 10.8. The molecule has 0 amide bonds. The Hall–Kier alpha value is -2.66. The summed E-state index contributed by atoms with van der Waals surface area (Å²) in [5, 5.41) is 22.6. The zero-order chi connectivity index (χ0) is 16.7. The third-order valence-electron chi connectivity index (χ3n) is 2.89. The second kappa shape index (κ2) is 8.10. The second-order valence-electron chi connectivity index (χ2n) is 4.52. The Kier molecular flexibility index (Phi) is 5.88. The molecule has 2 rings (SSSR count). The van der Waals surface area contributed by atoms with Crippen molar-refractivity contribution in [3.05, 3.63) is 58.0 Å². The van der Waals surface area contributed by atoms with E-state index in [1.165, 1.54) is 24.3 Å². The average molecular weight is 332 g/mol. The van der Waals surface area contributed by atoms with Gasteiger partial charge in [0.05, 0.1) is 4.92 Å². The zero-order valence-electron chi connectivity index (χ0n) is 12.0. The summed E-state index contributed by atoms with van der Waals surface area (Å²) in [7, 11) is 0. The Morgan fingerprint density at radius 2 is 2.04 bits per heavy atom. The van der Waals surface area contributed by atoms with Gasteiger partial charge in [0.25, 0.3) is 0 Å². The molecular weight excluding hydrogens is 319 g/mol. The van der Waals surface area contributed by atoms with Gasteiger partial charge in [0.1, 0.15) is 17.7 Å².